The van der Waals surface area contributed by atoms with Gasteiger partial charge in [-0.3, -0.25) is 0 Å². The van der Waals surface area contributed by atoms with E-state index in [0.717, 1.165) is 17.7 Å². The first kappa shape index (κ1) is 19.7. The fourth-order valence-corrected chi connectivity index (χ4v) is 2.17. The number of para-hydroxylation sites is 1. The lowest BCUT2D eigenvalue weighted by Gasteiger charge is -2.19. The van der Waals surface area contributed by atoms with Gasteiger partial charge in [-0.05, 0) is 17.7 Å². The zero-order valence-corrected chi connectivity index (χ0v) is 14.8. The van der Waals surface area contributed by atoms with Crippen LogP contribution in [0.3, 0.4) is 0 Å². The van der Waals surface area contributed by atoms with Crippen LogP contribution in [0.5, 0.6) is 0 Å². The van der Waals surface area contributed by atoms with Crippen LogP contribution in [-0.4, -0.2) is 31.7 Å². The molecule has 0 saturated carbocycles. The molecule has 0 bridgehead atoms. The van der Waals surface area contributed by atoms with E-state index in [2.05, 4.69) is 15.4 Å². The normalized spacial score (nSPS) is 11.4. The molecule has 2 aromatic carbocycles. The molecule has 0 saturated heterocycles. The van der Waals surface area contributed by atoms with Gasteiger partial charge in [-0.15, -0.1) is 0 Å². The number of carbonyl (C=O) groups is 3. The lowest BCUT2D eigenvalue weighted by Crippen LogP contribution is -2.35. The van der Waals surface area contributed by atoms with Gasteiger partial charge in [0.1, 0.15) is 6.61 Å². The van der Waals surface area contributed by atoms with Crippen molar-refractivity contribution in [3.63, 3.8) is 0 Å². The Hall–Kier alpha value is -3.61. The second kappa shape index (κ2) is 10.4. The summed E-state index contributed by atoms with van der Waals surface area (Å²) in [5.41, 5.74) is 1.41. The average Bonchev–Trinajstić information content (AvgIpc) is 2.70. The molecule has 0 heterocycles. The zero-order chi connectivity index (χ0) is 19.5. The molecule has 27 heavy (non-hydrogen) atoms. The number of esters is 2. The SMILES string of the molecule is COC(=O)/C=C/C(=O)OC[C@@H](NC(=O)Nc1ccccc1)c1ccccc1. The number of rotatable bonds is 7. The summed E-state index contributed by atoms with van der Waals surface area (Å²) in [6.45, 7) is -0.101. The minimum absolute atomic E-state index is 0.101. The fourth-order valence-electron chi connectivity index (χ4n) is 2.17. The molecule has 2 N–H and O–H groups in total. The van der Waals surface area contributed by atoms with E-state index in [0.29, 0.717) is 5.69 Å². The van der Waals surface area contributed by atoms with Crippen LogP contribution in [0.4, 0.5) is 10.5 Å². The summed E-state index contributed by atoms with van der Waals surface area (Å²) in [4.78, 5) is 35.0. The number of carbonyl (C=O) groups excluding carboxylic acids is 3. The van der Waals surface area contributed by atoms with Gasteiger partial charge in [-0.2, -0.15) is 0 Å². The van der Waals surface area contributed by atoms with Crippen molar-refractivity contribution >= 4 is 23.7 Å². The van der Waals surface area contributed by atoms with Crippen LogP contribution in [0.1, 0.15) is 11.6 Å². The van der Waals surface area contributed by atoms with Crippen molar-refractivity contribution in [2.45, 2.75) is 6.04 Å². The van der Waals surface area contributed by atoms with E-state index in [9.17, 15) is 14.4 Å². The summed E-state index contributed by atoms with van der Waals surface area (Å²) >= 11 is 0. The number of anilines is 1. The van der Waals surface area contributed by atoms with Gasteiger partial charge in [0, 0.05) is 17.8 Å². The van der Waals surface area contributed by atoms with Crippen molar-refractivity contribution in [2.24, 2.45) is 0 Å². The number of hydrogen-bond donors (Lipinski definition) is 2. The quantitative estimate of drug-likeness (QED) is 0.579. The smallest absolute Gasteiger partial charge is 0.331 e. The number of nitrogens with one attached hydrogen (secondary N) is 2. The molecule has 1 atom stereocenters. The molecule has 0 spiro atoms. The van der Waals surface area contributed by atoms with Crippen LogP contribution in [-0.2, 0) is 19.1 Å². The van der Waals surface area contributed by atoms with Gasteiger partial charge in [0.05, 0.1) is 13.2 Å². The van der Waals surface area contributed by atoms with Crippen molar-refractivity contribution < 1.29 is 23.9 Å². The van der Waals surface area contributed by atoms with Crippen LogP contribution in [0.2, 0.25) is 0 Å². The molecule has 2 rings (SSSR count). The van der Waals surface area contributed by atoms with Crippen LogP contribution < -0.4 is 10.6 Å². The Morgan fingerprint density at radius 1 is 0.926 bits per heavy atom. The molecular weight excluding hydrogens is 348 g/mol. The molecule has 140 valence electrons. The Morgan fingerprint density at radius 3 is 2.15 bits per heavy atom. The molecule has 0 radical (unpaired) electrons. The highest BCUT2D eigenvalue weighted by Gasteiger charge is 2.16. The average molecular weight is 368 g/mol. The topological polar surface area (TPSA) is 93.7 Å². The van der Waals surface area contributed by atoms with Crippen LogP contribution in [0, 0.1) is 0 Å². The monoisotopic (exact) mass is 368 g/mol. The maximum atomic E-state index is 12.3. The maximum absolute atomic E-state index is 12.3. The Kier molecular flexibility index (Phi) is 7.59. The molecule has 0 aliphatic rings. The highest BCUT2D eigenvalue weighted by molar-refractivity contribution is 5.91. The molecule has 2 amide bonds. The predicted molar refractivity (Wildman–Crippen MR) is 99.9 cm³/mol. The van der Waals surface area contributed by atoms with E-state index >= 15 is 0 Å². The summed E-state index contributed by atoms with van der Waals surface area (Å²) < 4.78 is 9.53. The number of hydrogen-bond acceptors (Lipinski definition) is 5. The molecule has 2 aromatic rings. The third-order valence-electron chi connectivity index (χ3n) is 3.49. The van der Waals surface area contributed by atoms with Gasteiger partial charge < -0.3 is 20.1 Å². The maximum Gasteiger partial charge on any atom is 0.331 e. The second-order valence-corrected chi connectivity index (χ2v) is 5.41. The number of ether oxygens (including phenoxy) is 2. The molecule has 7 heteroatoms. The van der Waals surface area contributed by atoms with Gasteiger partial charge in [0.15, 0.2) is 0 Å². The molecule has 0 aliphatic carbocycles. The summed E-state index contributed by atoms with van der Waals surface area (Å²) in [5, 5.41) is 5.48. The van der Waals surface area contributed by atoms with E-state index in [-0.39, 0.29) is 6.61 Å². The first-order valence-electron chi connectivity index (χ1n) is 8.19. The van der Waals surface area contributed by atoms with Gasteiger partial charge in [-0.1, -0.05) is 48.5 Å². The Morgan fingerprint density at radius 2 is 1.52 bits per heavy atom. The second-order valence-electron chi connectivity index (χ2n) is 5.41. The van der Waals surface area contributed by atoms with Gasteiger partial charge >= 0.3 is 18.0 Å². The van der Waals surface area contributed by atoms with Crippen molar-refractivity contribution in [1.29, 1.82) is 0 Å². The predicted octanol–water partition coefficient (Wildman–Crippen LogP) is 2.82. The van der Waals surface area contributed by atoms with Crippen LogP contribution in [0.25, 0.3) is 0 Å². The number of methoxy groups -OCH3 is 1. The molecule has 7 nitrogen and oxygen atoms in total. The van der Waals surface area contributed by atoms with E-state index < -0.39 is 24.0 Å². The molecule has 0 fully saturated rings. The minimum Gasteiger partial charge on any atom is -0.466 e. The molecule has 0 aromatic heterocycles. The number of benzene rings is 2. The van der Waals surface area contributed by atoms with Crippen molar-refractivity contribution in [1.82, 2.24) is 5.32 Å². The van der Waals surface area contributed by atoms with Crippen molar-refractivity contribution in [2.75, 3.05) is 19.0 Å². The third kappa shape index (κ3) is 7.03. The lowest BCUT2D eigenvalue weighted by atomic mass is 10.1. The molecule has 0 aliphatic heterocycles. The Balaban J connectivity index is 1.99. The molecule has 0 unspecified atom stereocenters. The van der Waals surface area contributed by atoms with E-state index in [1.165, 1.54) is 7.11 Å². The summed E-state index contributed by atoms with van der Waals surface area (Å²) in [5.74, 6) is -1.38. The highest BCUT2D eigenvalue weighted by atomic mass is 16.5. The van der Waals surface area contributed by atoms with Gasteiger partial charge in [0.2, 0.25) is 0 Å². The lowest BCUT2D eigenvalue weighted by molar-refractivity contribution is -0.139. The largest absolute Gasteiger partial charge is 0.466 e. The first-order chi connectivity index (χ1) is 13.1. The highest BCUT2D eigenvalue weighted by Crippen LogP contribution is 2.14. The summed E-state index contributed by atoms with van der Waals surface area (Å²) in [7, 11) is 1.21. The van der Waals surface area contributed by atoms with Crippen LogP contribution in [0.15, 0.2) is 72.8 Å². The first-order valence-corrected chi connectivity index (χ1v) is 8.19. The summed E-state index contributed by atoms with van der Waals surface area (Å²) in [6.07, 6.45) is 1.94. The summed E-state index contributed by atoms with van der Waals surface area (Å²) in [6, 6.07) is 17.1. The Labute approximate surface area is 157 Å². The molecular formula is C20H20N2O5. The van der Waals surface area contributed by atoms with Gasteiger partial charge in [0.25, 0.3) is 0 Å². The number of urea groups is 1. The minimum atomic E-state index is -0.716. The fraction of sp³-hybridized carbons (Fsp3) is 0.150. The van der Waals surface area contributed by atoms with E-state index in [1.54, 1.807) is 24.3 Å². The zero-order valence-electron chi connectivity index (χ0n) is 14.8. The van der Waals surface area contributed by atoms with Crippen LogP contribution >= 0.6 is 0 Å². The van der Waals surface area contributed by atoms with Crippen molar-refractivity contribution in [3.05, 3.63) is 78.4 Å². The van der Waals surface area contributed by atoms with E-state index in [1.807, 2.05) is 36.4 Å². The van der Waals surface area contributed by atoms with Crippen molar-refractivity contribution in [3.8, 4) is 0 Å². The Bertz CT molecular complexity index is 791. The number of amides is 2. The van der Waals surface area contributed by atoms with Gasteiger partial charge in [-0.25, -0.2) is 14.4 Å². The third-order valence-corrected chi connectivity index (χ3v) is 3.49. The standard InChI is InChI=1S/C20H20N2O5/c1-26-18(23)12-13-19(24)27-14-17(15-8-4-2-5-9-15)22-20(25)21-16-10-6-3-7-11-16/h2-13,17H,14H2,1H3,(H2,21,22,25)/b13-12+/t17-/m1/s1. The van der Waals surface area contributed by atoms with E-state index in [4.69, 9.17) is 4.74 Å².